The highest BCUT2D eigenvalue weighted by Gasteiger charge is 2.43. The minimum atomic E-state index is -0.287. The molecule has 22 heavy (non-hydrogen) atoms. The van der Waals surface area contributed by atoms with E-state index in [2.05, 4.69) is 41.8 Å². The van der Waals surface area contributed by atoms with E-state index < -0.39 is 0 Å². The van der Waals surface area contributed by atoms with Gasteiger partial charge in [-0.05, 0) is 49.8 Å². The molecule has 1 aromatic rings. The number of hydrogen-bond acceptors (Lipinski definition) is 2. The van der Waals surface area contributed by atoms with Crippen molar-refractivity contribution in [1.82, 2.24) is 10.6 Å². The van der Waals surface area contributed by atoms with Crippen molar-refractivity contribution in [2.45, 2.75) is 50.9 Å². The van der Waals surface area contributed by atoms with Crippen molar-refractivity contribution in [3.63, 3.8) is 0 Å². The van der Waals surface area contributed by atoms with Gasteiger partial charge in [0.2, 0.25) is 5.91 Å². The minimum Gasteiger partial charge on any atom is -0.355 e. The summed E-state index contributed by atoms with van der Waals surface area (Å²) in [6.45, 7) is 5.24. The van der Waals surface area contributed by atoms with E-state index in [4.69, 9.17) is 0 Å². The van der Waals surface area contributed by atoms with Crippen molar-refractivity contribution in [2.24, 2.45) is 5.41 Å². The van der Waals surface area contributed by atoms with Gasteiger partial charge in [-0.3, -0.25) is 4.79 Å². The van der Waals surface area contributed by atoms with Crippen LogP contribution < -0.4 is 10.6 Å². The second kappa shape index (κ2) is 6.41. The summed E-state index contributed by atoms with van der Waals surface area (Å²) < 4.78 is 0. The molecule has 3 nitrogen and oxygen atoms in total. The number of piperidine rings is 1. The molecular formula is C19H28N2O. The van der Waals surface area contributed by atoms with E-state index in [-0.39, 0.29) is 16.7 Å². The molecule has 2 N–H and O–H groups in total. The fourth-order valence-corrected chi connectivity index (χ4v) is 4.05. The average molecular weight is 300 g/mol. The van der Waals surface area contributed by atoms with E-state index in [9.17, 15) is 4.79 Å². The Hall–Kier alpha value is -1.35. The fourth-order valence-electron chi connectivity index (χ4n) is 4.05. The minimum absolute atomic E-state index is 0.246. The Balaban J connectivity index is 1.71. The van der Waals surface area contributed by atoms with Crippen LogP contribution in [0.25, 0.3) is 0 Å². The second-order valence-corrected chi connectivity index (χ2v) is 7.40. The van der Waals surface area contributed by atoms with E-state index in [1.54, 1.807) is 0 Å². The summed E-state index contributed by atoms with van der Waals surface area (Å²) in [6, 6.07) is 10.4. The monoisotopic (exact) mass is 300 g/mol. The van der Waals surface area contributed by atoms with Gasteiger partial charge in [0.1, 0.15) is 0 Å². The third-order valence-electron chi connectivity index (χ3n) is 5.70. The van der Waals surface area contributed by atoms with Crippen molar-refractivity contribution in [1.29, 1.82) is 0 Å². The zero-order chi connectivity index (χ0) is 15.5. The molecule has 2 fully saturated rings. The molecule has 0 atom stereocenters. The van der Waals surface area contributed by atoms with E-state index in [0.717, 1.165) is 58.2 Å². The molecule has 2 aliphatic rings. The highest BCUT2D eigenvalue weighted by Crippen LogP contribution is 2.41. The fraction of sp³-hybridized carbons (Fsp3) is 0.632. The summed E-state index contributed by atoms with van der Waals surface area (Å²) in [5.41, 5.74) is 1.16. The predicted octanol–water partition coefficient (Wildman–Crippen LogP) is 3.00. The number of amides is 1. The van der Waals surface area contributed by atoms with Crippen molar-refractivity contribution in [3.05, 3.63) is 35.9 Å². The quantitative estimate of drug-likeness (QED) is 0.897. The number of nitrogens with one attached hydrogen (secondary N) is 2. The summed E-state index contributed by atoms with van der Waals surface area (Å²) in [4.78, 5) is 13.0. The van der Waals surface area contributed by atoms with Gasteiger partial charge in [-0.15, -0.1) is 0 Å². The van der Waals surface area contributed by atoms with Gasteiger partial charge in [0, 0.05) is 6.54 Å². The standard InChI is InChI=1S/C19H28N2O/c1-18(11-13-20-14-12-18)15-21-17(22)19(9-5-6-10-19)16-7-3-2-4-8-16/h2-4,7-8,20H,5-6,9-15H2,1H3,(H,21,22). The van der Waals surface area contributed by atoms with E-state index in [1.807, 2.05) is 6.07 Å². The molecule has 120 valence electrons. The Morgan fingerprint density at radius 2 is 1.73 bits per heavy atom. The van der Waals surface area contributed by atoms with E-state index in [1.165, 1.54) is 5.56 Å². The third-order valence-corrected chi connectivity index (χ3v) is 5.70. The van der Waals surface area contributed by atoms with Gasteiger partial charge >= 0.3 is 0 Å². The van der Waals surface area contributed by atoms with Crippen LogP contribution in [-0.4, -0.2) is 25.5 Å². The lowest BCUT2D eigenvalue weighted by atomic mass is 9.77. The lowest BCUT2D eigenvalue weighted by molar-refractivity contribution is -0.127. The van der Waals surface area contributed by atoms with Gasteiger partial charge in [-0.1, -0.05) is 50.1 Å². The molecule has 0 aromatic heterocycles. The number of carbonyl (C=O) groups excluding carboxylic acids is 1. The molecule has 0 unspecified atom stereocenters. The summed E-state index contributed by atoms with van der Waals surface area (Å²) in [6.07, 6.45) is 6.58. The zero-order valence-electron chi connectivity index (χ0n) is 13.7. The van der Waals surface area contributed by atoms with Crippen LogP contribution in [0.1, 0.15) is 51.0 Å². The van der Waals surface area contributed by atoms with Crippen LogP contribution in [-0.2, 0) is 10.2 Å². The van der Waals surface area contributed by atoms with Crippen molar-refractivity contribution >= 4 is 5.91 Å². The Morgan fingerprint density at radius 3 is 2.36 bits per heavy atom. The predicted molar refractivity (Wildman–Crippen MR) is 89.8 cm³/mol. The van der Waals surface area contributed by atoms with Crippen LogP contribution in [0.5, 0.6) is 0 Å². The normalized spacial score (nSPS) is 23.1. The van der Waals surface area contributed by atoms with Crippen LogP contribution >= 0.6 is 0 Å². The maximum Gasteiger partial charge on any atom is 0.230 e. The lowest BCUT2D eigenvalue weighted by Crippen LogP contribution is -2.48. The average Bonchev–Trinajstić information content (AvgIpc) is 3.05. The first kappa shape index (κ1) is 15.5. The molecule has 1 aromatic carbocycles. The topological polar surface area (TPSA) is 41.1 Å². The number of carbonyl (C=O) groups is 1. The van der Waals surface area contributed by atoms with Crippen molar-refractivity contribution < 1.29 is 4.79 Å². The highest BCUT2D eigenvalue weighted by molar-refractivity contribution is 5.88. The second-order valence-electron chi connectivity index (χ2n) is 7.40. The number of rotatable bonds is 4. The number of hydrogen-bond donors (Lipinski definition) is 2. The van der Waals surface area contributed by atoms with Gasteiger partial charge in [0.25, 0.3) is 0 Å². The molecule has 0 spiro atoms. The van der Waals surface area contributed by atoms with Gasteiger partial charge in [0.05, 0.1) is 5.41 Å². The van der Waals surface area contributed by atoms with Crippen LogP contribution in [0, 0.1) is 5.41 Å². The molecule has 1 aliphatic carbocycles. The van der Waals surface area contributed by atoms with Crippen molar-refractivity contribution in [3.8, 4) is 0 Å². The van der Waals surface area contributed by atoms with Gasteiger partial charge in [0.15, 0.2) is 0 Å². The Labute approximate surface area is 133 Å². The van der Waals surface area contributed by atoms with Crippen LogP contribution in [0.4, 0.5) is 0 Å². The summed E-state index contributed by atoms with van der Waals surface area (Å²) in [5.74, 6) is 0.246. The van der Waals surface area contributed by atoms with Crippen LogP contribution in [0.15, 0.2) is 30.3 Å². The Bertz CT molecular complexity index is 499. The first-order valence-corrected chi connectivity index (χ1v) is 8.69. The third kappa shape index (κ3) is 3.05. The smallest absolute Gasteiger partial charge is 0.230 e. The zero-order valence-corrected chi connectivity index (χ0v) is 13.7. The highest BCUT2D eigenvalue weighted by atomic mass is 16.2. The van der Waals surface area contributed by atoms with Gasteiger partial charge < -0.3 is 10.6 Å². The first-order chi connectivity index (χ1) is 10.6. The molecule has 0 bridgehead atoms. The van der Waals surface area contributed by atoms with Crippen LogP contribution in [0.2, 0.25) is 0 Å². The molecule has 1 saturated heterocycles. The Kier molecular flexibility index (Phi) is 4.53. The van der Waals surface area contributed by atoms with Gasteiger partial charge in [-0.25, -0.2) is 0 Å². The maximum atomic E-state index is 13.0. The summed E-state index contributed by atoms with van der Waals surface area (Å²) in [7, 11) is 0. The molecule has 1 heterocycles. The molecule has 1 aliphatic heterocycles. The summed E-state index contributed by atoms with van der Waals surface area (Å²) in [5, 5.41) is 6.71. The van der Waals surface area contributed by atoms with Crippen molar-refractivity contribution in [2.75, 3.05) is 19.6 Å². The molecular weight excluding hydrogens is 272 g/mol. The molecule has 3 heteroatoms. The van der Waals surface area contributed by atoms with Crippen LogP contribution in [0.3, 0.4) is 0 Å². The van der Waals surface area contributed by atoms with E-state index >= 15 is 0 Å². The largest absolute Gasteiger partial charge is 0.355 e. The summed E-state index contributed by atoms with van der Waals surface area (Å²) >= 11 is 0. The molecule has 1 amide bonds. The van der Waals surface area contributed by atoms with Gasteiger partial charge in [-0.2, -0.15) is 0 Å². The number of benzene rings is 1. The molecule has 3 rings (SSSR count). The maximum absolute atomic E-state index is 13.0. The SMILES string of the molecule is CC1(CNC(=O)C2(c3ccccc3)CCCC2)CCNCC1. The Morgan fingerprint density at radius 1 is 1.09 bits per heavy atom. The molecule has 0 radical (unpaired) electrons. The lowest BCUT2D eigenvalue weighted by Gasteiger charge is -2.36. The first-order valence-electron chi connectivity index (χ1n) is 8.69. The van der Waals surface area contributed by atoms with E-state index in [0.29, 0.717) is 0 Å². The molecule has 1 saturated carbocycles.